The fraction of sp³-hybridized carbons (Fsp3) is 0.368. The van der Waals surface area contributed by atoms with Gasteiger partial charge in [-0.3, -0.25) is 9.98 Å². The molecule has 1 N–H and O–H groups in total. The van der Waals surface area contributed by atoms with Crippen LogP contribution in [0.1, 0.15) is 29.3 Å². The second-order valence-electron chi connectivity index (χ2n) is 5.69. The van der Waals surface area contributed by atoms with Crippen molar-refractivity contribution in [3.05, 3.63) is 65.0 Å². The molecule has 0 unspecified atom stereocenters. The summed E-state index contributed by atoms with van der Waals surface area (Å²) in [5.41, 5.74) is 4.88. The summed E-state index contributed by atoms with van der Waals surface area (Å²) in [7, 11) is 3.86. The lowest BCUT2D eigenvalue weighted by atomic mass is 10.1. The van der Waals surface area contributed by atoms with Crippen molar-refractivity contribution in [2.45, 2.75) is 33.4 Å². The summed E-state index contributed by atoms with van der Waals surface area (Å²) in [5.74, 6) is 0.870. The van der Waals surface area contributed by atoms with Crippen molar-refractivity contribution < 1.29 is 0 Å². The summed E-state index contributed by atoms with van der Waals surface area (Å²) in [6.45, 7) is 5.75. The molecule has 1 aromatic heterocycles. The average molecular weight is 310 g/mol. The maximum atomic E-state index is 4.41. The van der Waals surface area contributed by atoms with Crippen LogP contribution in [0, 0.1) is 6.92 Å². The van der Waals surface area contributed by atoms with E-state index in [4.69, 9.17) is 0 Å². The quantitative estimate of drug-likeness (QED) is 0.681. The average Bonchev–Trinajstić information content (AvgIpc) is 2.57. The highest BCUT2D eigenvalue weighted by Gasteiger charge is 2.07. The Morgan fingerprint density at radius 2 is 1.87 bits per heavy atom. The molecule has 0 amide bonds. The number of hydrogen-bond acceptors (Lipinski definition) is 2. The molecule has 0 fully saturated rings. The van der Waals surface area contributed by atoms with Gasteiger partial charge in [0.05, 0.1) is 12.2 Å². The predicted octanol–water partition coefficient (Wildman–Crippen LogP) is 3.16. The first-order valence-electron chi connectivity index (χ1n) is 8.04. The van der Waals surface area contributed by atoms with Gasteiger partial charge >= 0.3 is 0 Å². The molecular formula is C19H26N4. The molecule has 0 radical (unpaired) electrons. The van der Waals surface area contributed by atoms with Crippen LogP contribution in [0.4, 0.5) is 0 Å². The second kappa shape index (κ2) is 8.32. The van der Waals surface area contributed by atoms with Crippen molar-refractivity contribution in [1.82, 2.24) is 15.2 Å². The fourth-order valence-electron chi connectivity index (χ4n) is 2.48. The van der Waals surface area contributed by atoms with Crippen LogP contribution in [0.3, 0.4) is 0 Å². The van der Waals surface area contributed by atoms with Crippen LogP contribution < -0.4 is 5.32 Å². The SMILES string of the molecule is CCc1ccc(CN(C)C(=NC)NCc2ncccc2C)cc1. The maximum absolute atomic E-state index is 4.41. The molecule has 4 nitrogen and oxygen atoms in total. The van der Waals surface area contributed by atoms with Gasteiger partial charge in [0.1, 0.15) is 0 Å². The summed E-state index contributed by atoms with van der Waals surface area (Å²) in [4.78, 5) is 10.9. The van der Waals surface area contributed by atoms with Crippen molar-refractivity contribution in [2.24, 2.45) is 4.99 Å². The van der Waals surface area contributed by atoms with Gasteiger partial charge in [0.25, 0.3) is 0 Å². The summed E-state index contributed by atoms with van der Waals surface area (Å²) in [6.07, 6.45) is 2.90. The number of aryl methyl sites for hydroxylation is 2. The summed E-state index contributed by atoms with van der Waals surface area (Å²) in [6, 6.07) is 12.8. The van der Waals surface area contributed by atoms with E-state index >= 15 is 0 Å². The number of benzene rings is 1. The number of aliphatic imine (C=N–C) groups is 1. The largest absolute Gasteiger partial charge is 0.351 e. The number of nitrogens with one attached hydrogen (secondary N) is 1. The maximum Gasteiger partial charge on any atom is 0.194 e. The molecule has 0 bridgehead atoms. The zero-order chi connectivity index (χ0) is 16.7. The highest BCUT2D eigenvalue weighted by molar-refractivity contribution is 5.79. The summed E-state index contributed by atoms with van der Waals surface area (Å²) in [5, 5.41) is 3.38. The molecule has 1 aromatic carbocycles. The molecule has 0 aliphatic heterocycles. The smallest absolute Gasteiger partial charge is 0.194 e. The topological polar surface area (TPSA) is 40.5 Å². The van der Waals surface area contributed by atoms with Gasteiger partial charge in [-0.05, 0) is 36.1 Å². The van der Waals surface area contributed by atoms with Gasteiger partial charge in [0, 0.05) is 26.8 Å². The van der Waals surface area contributed by atoms with Gasteiger partial charge in [0.15, 0.2) is 5.96 Å². The molecule has 23 heavy (non-hydrogen) atoms. The number of nitrogens with zero attached hydrogens (tertiary/aromatic N) is 3. The Labute approximate surface area is 139 Å². The van der Waals surface area contributed by atoms with Crippen molar-refractivity contribution in [3.8, 4) is 0 Å². The molecule has 2 aromatic rings. The van der Waals surface area contributed by atoms with Gasteiger partial charge in [-0.1, -0.05) is 37.3 Å². The minimum atomic E-state index is 0.679. The van der Waals surface area contributed by atoms with E-state index in [0.29, 0.717) is 6.54 Å². The molecule has 2 rings (SSSR count). The number of rotatable bonds is 5. The van der Waals surface area contributed by atoms with Crippen LogP contribution in [-0.4, -0.2) is 29.9 Å². The molecule has 1 heterocycles. The zero-order valence-corrected chi connectivity index (χ0v) is 14.5. The van der Waals surface area contributed by atoms with E-state index in [1.807, 2.05) is 26.4 Å². The van der Waals surface area contributed by atoms with Gasteiger partial charge in [0.2, 0.25) is 0 Å². The molecule has 0 spiro atoms. The van der Waals surface area contributed by atoms with Crippen molar-refractivity contribution >= 4 is 5.96 Å². The molecule has 0 aliphatic rings. The monoisotopic (exact) mass is 310 g/mol. The van der Waals surface area contributed by atoms with Gasteiger partial charge < -0.3 is 10.2 Å². The van der Waals surface area contributed by atoms with E-state index in [0.717, 1.165) is 24.6 Å². The Hall–Kier alpha value is -2.36. The van der Waals surface area contributed by atoms with Crippen LogP contribution in [0.2, 0.25) is 0 Å². The third kappa shape index (κ3) is 4.81. The molecular weight excluding hydrogens is 284 g/mol. The Morgan fingerprint density at radius 3 is 2.48 bits per heavy atom. The normalized spacial score (nSPS) is 11.4. The lowest BCUT2D eigenvalue weighted by Gasteiger charge is -2.22. The van der Waals surface area contributed by atoms with Crippen molar-refractivity contribution in [1.29, 1.82) is 0 Å². The summed E-state index contributed by atoms with van der Waals surface area (Å²) < 4.78 is 0. The highest BCUT2D eigenvalue weighted by atomic mass is 15.3. The zero-order valence-electron chi connectivity index (χ0n) is 14.5. The lowest BCUT2D eigenvalue weighted by Crippen LogP contribution is -2.38. The van der Waals surface area contributed by atoms with E-state index < -0.39 is 0 Å². The number of guanidine groups is 1. The Balaban J connectivity index is 1.95. The standard InChI is InChI=1S/C19H26N4/c1-5-16-8-10-17(11-9-16)14-23(4)19(20-3)22-13-18-15(2)7-6-12-21-18/h6-12H,5,13-14H2,1-4H3,(H,20,22). The van der Waals surface area contributed by atoms with Crippen LogP contribution in [0.25, 0.3) is 0 Å². The highest BCUT2D eigenvalue weighted by Crippen LogP contribution is 2.08. The molecule has 4 heteroatoms. The van der Waals surface area contributed by atoms with E-state index in [-0.39, 0.29) is 0 Å². The molecule has 122 valence electrons. The van der Waals surface area contributed by atoms with Crippen LogP contribution in [-0.2, 0) is 19.5 Å². The predicted molar refractivity (Wildman–Crippen MR) is 96.5 cm³/mol. The van der Waals surface area contributed by atoms with E-state index in [2.05, 4.69) is 64.4 Å². The van der Waals surface area contributed by atoms with Crippen LogP contribution >= 0.6 is 0 Å². The third-order valence-electron chi connectivity index (χ3n) is 3.96. The fourth-order valence-corrected chi connectivity index (χ4v) is 2.48. The van der Waals surface area contributed by atoms with Crippen molar-refractivity contribution in [3.63, 3.8) is 0 Å². The minimum Gasteiger partial charge on any atom is -0.351 e. The first kappa shape index (κ1) is 17.0. The molecule has 0 saturated carbocycles. The van der Waals surface area contributed by atoms with E-state index in [1.165, 1.54) is 16.7 Å². The third-order valence-corrected chi connectivity index (χ3v) is 3.96. The Kier molecular flexibility index (Phi) is 6.15. The molecule has 0 saturated heterocycles. The minimum absolute atomic E-state index is 0.679. The van der Waals surface area contributed by atoms with Gasteiger partial charge in [-0.15, -0.1) is 0 Å². The van der Waals surface area contributed by atoms with Crippen LogP contribution in [0.5, 0.6) is 0 Å². The van der Waals surface area contributed by atoms with Gasteiger partial charge in [-0.25, -0.2) is 0 Å². The van der Waals surface area contributed by atoms with Crippen LogP contribution in [0.15, 0.2) is 47.6 Å². The second-order valence-corrected chi connectivity index (χ2v) is 5.69. The number of pyridine rings is 1. The number of hydrogen-bond donors (Lipinski definition) is 1. The van der Waals surface area contributed by atoms with E-state index in [9.17, 15) is 0 Å². The first-order chi connectivity index (χ1) is 11.1. The Morgan fingerprint density at radius 1 is 1.17 bits per heavy atom. The Bertz CT molecular complexity index is 647. The van der Waals surface area contributed by atoms with Gasteiger partial charge in [-0.2, -0.15) is 0 Å². The lowest BCUT2D eigenvalue weighted by molar-refractivity contribution is 0.476. The molecule has 0 aliphatic carbocycles. The first-order valence-corrected chi connectivity index (χ1v) is 8.04. The van der Waals surface area contributed by atoms with E-state index in [1.54, 1.807) is 0 Å². The summed E-state index contributed by atoms with van der Waals surface area (Å²) >= 11 is 0. The van der Waals surface area contributed by atoms with Crippen molar-refractivity contribution in [2.75, 3.05) is 14.1 Å². The number of aromatic nitrogens is 1. The molecule has 0 atom stereocenters.